The number of amides is 1. The first-order valence-electron chi connectivity index (χ1n) is 10.2. The van der Waals surface area contributed by atoms with Crippen LogP contribution in [0.4, 0.5) is 19.1 Å². The number of carboxylic acids is 1. The van der Waals surface area contributed by atoms with Crippen molar-refractivity contribution in [3.63, 3.8) is 0 Å². The summed E-state index contributed by atoms with van der Waals surface area (Å²) in [4.78, 5) is 31.9. The molecule has 1 aliphatic rings. The maximum atomic E-state index is 12.9. The molecule has 0 saturated carbocycles. The number of halogens is 3. The normalized spacial score (nSPS) is 15.5. The molecular weight excluding hydrogens is 459 g/mol. The molecule has 14 heteroatoms. The van der Waals surface area contributed by atoms with E-state index in [1.54, 1.807) is 37.6 Å². The molecule has 0 aromatic carbocycles. The van der Waals surface area contributed by atoms with Gasteiger partial charge in [0.15, 0.2) is 0 Å². The zero-order valence-corrected chi connectivity index (χ0v) is 18.1. The third-order valence-corrected chi connectivity index (χ3v) is 4.84. The molecule has 0 radical (unpaired) electrons. The van der Waals surface area contributed by atoms with Gasteiger partial charge in [-0.15, -0.1) is 0 Å². The maximum Gasteiger partial charge on any atom is 0.490 e. The van der Waals surface area contributed by atoms with Crippen molar-refractivity contribution < 1.29 is 32.4 Å². The van der Waals surface area contributed by atoms with E-state index < -0.39 is 12.1 Å². The lowest BCUT2D eigenvalue weighted by Crippen LogP contribution is -2.34. The lowest BCUT2D eigenvalue weighted by Gasteiger charge is -2.23. The van der Waals surface area contributed by atoms with E-state index in [1.807, 2.05) is 15.6 Å². The SMILES string of the molecule is Cc1cc(C(=O)N2Cc3ccnn3CC(CCNc3ncccn3)C2)on1.O=C(O)C(F)(F)F. The first kappa shape index (κ1) is 24.7. The summed E-state index contributed by atoms with van der Waals surface area (Å²) >= 11 is 0. The molecule has 0 bridgehead atoms. The number of rotatable bonds is 5. The van der Waals surface area contributed by atoms with Crippen molar-refractivity contribution in [1.29, 1.82) is 0 Å². The number of nitrogens with zero attached hydrogens (tertiary/aromatic N) is 6. The van der Waals surface area contributed by atoms with Crippen LogP contribution in [0, 0.1) is 12.8 Å². The zero-order chi connectivity index (χ0) is 24.7. The molecule has 4 heterocycles. The molecule has 4 rings (SSSR count). The third-order valence-electron chi connectivity index (χ3n) is 4.84. The lowest BCUT2D eigenvalue weighted by molar-refractivity contribution is -0.192. The number of carboxylic acid groups (broad SMARTS) is 1. The fourth-order valence-corrected chi connectivity index (χ4v) is 3.27. The van der Waals surface area contributed by atoms with Crippen LogP contribution in [-0.4, -0.2) is 66.1 Å². The molecule has 1 unspecified atom stereocenters. The topological polar surface area (TPSA) is 139 Å². The standard InChI is InChI=1S/C18H21N7O2.C2HF3O2/c1-13-9-16(27-23-13)17(26)24-10-14(11-25-15(12-24)4-8-22-25)3-7-21-18-19-5-2-6-20-18;3-2(4,5)1(6)7/h2,4-6,8-9,14H,3,7,10-12H2,1H3,(H,19,20,21);(H,6,7). The van der Waals surface area contributed by atoms with E-state index in [-0.39, 0.29) is 17.6 Å². The Morgan fingerprint density at radius 1 is 1.24 bits per heavy atom. The molecule has 3 aromatic heterocycles. The Bertz CT molecular complexity index is 1100. The van der Waals surface area contributed by atoms with Crippen LogP contribution in [0.15, 0.2) is 41.3 Å². The summed E-state index contributed by atoms with van der Waals surface area (Å²) in [5.41, 5.74) is 1.71. The number of alkyl halides is 3. The predicted octanol–water partition coefficient (Wildman–Crippen LogP) is 2.38. The summed E-state index contributed by atoms with van der Waals surface area (Å²) in [5, 5.41) is 18.6. The molecule has 3 aromatic rings. The molecule has 0 saturated heterocycles. The van der Waals surface area contributed by atoms with Crippen molar-refractivity contribution in [3.05, 3.63) is 53.9 Å². The number of fused-ring (bicyclic) bond motifs is 1. The van der Waals surface area contributed by atoms with Crippen LogP contribution in [0.25, 0.3) is 0 Å². The molecule has 1 amide bonds. The number of carbonyl (C=O) groups is 2. The number of hydrogen-bond acceptors (Lipinski definition) is 8. The van der Waals surface area contributed by atoms with E-state index in [2.05, 4.69) is 25.5 Å². The number of anilines is 1. The zero-order valence-electron chi connectivity index (χ0n) is 18.1. The third kappa shape index (κ3) is 6.76. The van der Waals surface area contributed by atoms with E-state index in [0.717, 1.165) is 18.7 Å². The van der Waals surface area contributed by atoms with Crippen molar-refractivity contribution in [3.8, 4) is 0 Å². The second kappa shape index (κ2) is 10.8. The van der Waals surface area contributed by atoms with Crippen LogP contribution < -0.4 is 5.32 Å². The molecule has 0 aliphatic carbocycles. The fourth-order valence-electron chi connectivity index (χ4n) is 3.27. The van der Waals surface area contributed by atoms with Crippen LogP contribution in [0.3, 0.4) is 0 Å². The fraction of sp³-hybridized carbons (Fsp3) is 0.400. The number of aliphatic carboxylic acids is 1. The molecule has 0 spiro atoms. The van der Waals surface area contributed by atoms with Gasteiger partial charge in [-0.05, 0) is 31.4 Å². The minimum atomic E-state index is -5.08. The summed E-state index contributed by atoms with van der Waals surface area (Å²) in [5.74, 6) is -1.77. The minimum absolute atomic E-state index is 0.144. The monoisotopic (exact) mass is 481 g/mol. The number of aromatic nitrogens is 5. The molecule has 0 fully saturated rings. The van der Waals surface area contributed by atoms with Crippen molar-refractivity contribution in [2.24, 2.45) is 5.92 Å². The van der Waals surface area contributed by atoms with Gasteiger partial charge in [0, 0.05) is 44.3 Å². The number of aryl methyl sites for hydroxylation is 1. The van der Waals surface area contributed by atoms with Crippen LogP contribution in [0.2, 0.25) is 0 Å². The van der Waals surface area contributed by atoms with E-state index in [4.69, 9.17) is 14.4 Å². The number of hydrogen-bond donors (Lipinski definition) is 2. The maximum absolute atomic E-state index is 12.9. The van der Waals surface area contributed by atoms with E-state index in [1.165, 1.54) is 0 Å². The van der Waals surface area contributed by atoms with Gasteiger partial charge in [-0.3, -0.25) is 9.48 Å². The van der Waals surface area contributed by atoms with Crippen molar-refractivity contribution in [2.45, 2.75) is 32.6 Å². The minimum Gasteiger partial charge on any atom is -0.475 e. The molecular formula is C20H22F3N7O4. The Morgan fingerprint density at radius 3 is 2.56 bits per heavy atom. The molecule has 1 aliphatic heterocycles. The summed E-state index contributed by atoms with van der Waals surface area (Å²) in [6.45, 7) is 4.41. The van der Waals surface area contributed by atoms with Crippen molar-refractivity contribution in [1.82, 2.24) is 29.8 Å². The number of nitrogens with one attached hydrogen (secondary N) is 1. The van der Waals surface area contributed by atoms with Crippen molar-refractivity contribution >= 4 is 17.8 Å². The molecule has 1 atom stereocenters. The summed E-state index contributed by atoms with van der Waals surface area (Å²) < 4.78 is 38.9. The highest BCUT2D eigenvalue weighted by atomic mass is 19.4. The van der Waals surface area contributed by atoms with Gasteiger partial charge in [0.05, 0.1) is 17.9 Å². The Labute approximate surface area is 191 Å². The molecule has 2 N–H and O–H groups in total. The predicted molar refractivity (Wildman–Crippen MR) is 111 cm³/mol. The Kier molecular flexibility index (Phi) is 7.81. The van der Waals surface area contributed by atoms with Crippen LogP contribution in [0.5, 0.6) is 0 Å². The smallest absolute Gasteiger partial charge is 0.475 e. The van der Waals surface area contributed by atoms with Gasteiger partial charge < -0.3 is 19.8 Å². The van der Waals surface area contributed by atoms with Crippen molar-refractivity contribution in [2.75, 3.05) is 18.4 Å². The highest BCUT2D eigenvalue weighted by Crippen LogP contribution is 2.20. The Balaban J connectivity index is 0.000000406. The second-order valence-corrected chi connectivity index (χ2v) is 7.48. The van der Waals surface area contributed by atoms with Gasteiger partial charge in [-0.1, -0.05) is 5.16 Å². The van der Waals surface area contributed by atoms with Crippen LogP contribution in [0.1, 0.15) is 28.4 Å². The summed E-state index contributed by atoms with van der Waals surface area (Å²) in [6, 6.07) is 5.41. The van der Waals surface area contributed by atoms with Gasteiger partial charge >= 0.3 is 12.1 Å². The molecule has 34 heavy (non-hydrogen) atoms. The van der Waals surface area contributed by atoms with Crippen LogP contribution in [-0.2, 0) is 17.9 Å². The highest BCUT2D eigenvalue weighted by Gasteiger charge is 2.38. The average molecular weight is 481 g/mol. The number of carbonyl (C=O) groups excluding carboxylic acids is 1. The van der Waals surface area contributed by atoms with Gasteiger partial charge in [-0.2, -0.15) is 18.3 Å². The highest BCUT2D eigenvalue weighted by molar-refractivity contribution is 5.91. The van der Waals surface area contributed by atoms with E-state index >= 15 is 0 Å². The van der Waals surface area contributed by atoms with E-state index in [0.29, 0.717) is 31.3 Å². The molecule has 182 valence electrons. The van der Waals surface area contributed by atoms with Gasteiger partial charge in [0.25, 0.3) is 5.91 Å². The second-order valence-electron chi connectivity index (χ2n) is 7.48. The largest absolute Gasteiger partial charge is 0.490 e. The van der Waals surface area contributed by atoms with Gasteiger partial charge in [0.1, 0.15) is 0 Å². The Hall–Kier alpha value is -3.97. The summed E-state index contributed by atoms with van der Waals surface area (Å²) in [6.07, 6.45) is 0.958. The lowest BCUT2D eigenvalue weighted by atomic mass is 10.1. The first-order valence-corrected chi connectivity index (χ1v) is 10.2. The first-order chi connectivity index (χ1) is 16.1. The van der Waals surface area contributed by atoms with Gasteiger partial charge in [0.2, 0.25) is 11.7 Å². The van der Waals surface area contributed by atoms with Crippen LogP contribution >= 0.6 is 0 Å². The van der Waals surface area contributed by atoms with E-state index in [9.17, 15) is 18.0 Å². The van der Waals surface area contributed by atoms with Gasteiger partial charge in [-0.25, -0.2) is 14.8 Å². The summed E-state index contributed by atoms with van der Waals surface area (Å²) in [7, 11) is 0. The Morgan fingerprint density at radius 2 is 1.94 bits per heavy atom. The quantitative estimate of drug-likeness (QED) is 0.562. The molecule has 11 nitrogen and oxygen atoms in total. The average Bonchev–Trinajstić information content (AvgIpc) is 3.38.